The van der Waals surface area contributed by atoms with Gasteiger partial charge < -0.3 is 24.8 Å². The van der Waals surface area contributed by atoms with Crippen LogP contribution in [-0.4, -0.2) is 50.0 Å². The molecule has 2 amide bonds. The normalized spacial score (nSPS) is 27.2. The molecular formula is C27H37ClN2O5. The summed E-state index contributed by atoms with van der Waals surface area (Å²) in [5.41, 5.74) is 2.00. The summed E-state index contributed by atoms with van der Waals surface area (Å²) in [6, 6.07) is 5.80. The van der Waals surface area contributed by atoms with Crippen LogP contribution in [0.4, 0.5) is 4.79 Å². The molecular weight excluding hydrogens is 468 g/mol. The molecule has 2 saturated heterocycles. The lowest BCUT2D eigenvalue weighted by molar-refractivity contribution is -0.120. The van der Waals surface area contributed by atoms with Crippen molar-refractivity contribution < 1.29 is 23.8 Å². The number of carbonyl (C=O) groups is 2. The zero-order valence-corrected chi connectivity index (χ0v) is 22.0. The average molecular weight is 505 g/mol. The van der Waals surface area contributed by atoms with Crippen molar-refractivity contribution in [3.8, 4) is 5.75 Å². The molecule has 192 valence electrons. The van der Waals surface area contributed by atoms with E-state index >= 15 is 0 Å². The largest absolute Gasteiger partial charge is 0.495 e. The van der Waals surface area contributed by atoms with Crippen LogP contribution in [-0.2, 0) is 20.7 Å². The van der Waals surface area contributed by atoms with Gasteiger partial charge in [0.25, 0.3) is 0 Å². The molecule has 3 unspecified atom stereocenters. The van der Waals surface area contributed by atoms with E-state index in [4.69, 9.17) is 25.8 Å². The van der Waals surface area contributed by atoms with E-state index in [-0.39, 0.29) is 41.8 Å². The number of benzene rings is 1. The van der Waals surface area contributed by atoms with Gasteiger partial charge in [0.05, 0.1) is 23.8 Å². The first-order valence-electron chi connectivity index (χ1n) is 12.2. The lowest BCUT2D eigenvalue weighted by Gasteiger charge is -2.33. The van der Waals surface area contributed by atoms with Crippen molar-refractivity contribution >= 4 is 23.6 Å². The Morgan fingerprint density at radius 2 is 2.20 bits per heavy atom. The standard InChI is InChI=1S/C27H37ClN2O5/c1-17(14-19-10-11-21(28)23(15-19)33-5)8-6-7-9-20-16-22(34-26(32)30-20)18(2)25-27(3,35-25)13-12-24(31)29-4/h6-8,10-11,15,18,20,22,25H,9,12-14,16H2,1-5H3,(H,29,31)(H,30,32)/b7-6+,17-8+/t18-,20?,22?,25+,27?/m1/s1. The van der Waals surface area contributed by atoms with Crippen LogP contribution in [0.5, 0.6) is 5.75 Å². The molecule has 2 N–H and O–H groups in total. The molecule has 2 aliphatic heterocycles. The molecule has 0 aromatic heterocycles. The summed E-state index contributed by atoms with van der Waals surface area (Å²) < 4.78 is 16.8. The van der Waals surface area contributed by atoms with Crippen LogP contribution in [0.1, 0.15) is 52.0 Å². The lowest BCUT2D eigenvalue weighted by Crippen LogP contribution is -2.48. The summed E-state index contributed by atoms with van der Waals surface area (Å²) in [5.74, 6) is 0.737. The third-order valence-corrected chi connectivity index (χ3v) is 7.18. The molecule has 0 radical (unpaired) electrons. The minimum atomic E-state index is -0.386. The number of halogens is 1. The van der Waals surface area contributed by atoms with Crippen molar-refractivity contribution in [2.45, 2.75) is 76.7 Å². The first kappa shape index (κ1) is 27.1. The molecule has 2 fully saturated rings. The SMILES string of the molecule is CNC(=O)CCC1(C)O[C@H]1[C@H](C)C1CC(C/C=C/C=C(\C)Cc2ccc(Cl)c(OC)c2)NC(=O)O1. The van der Waals surface area contributed by atoms with Gasteiger partial charge in [-0.05, 0) is 50.8 Å². The van der Waals surface area contributed by atoms with Crippen LogP contribution in [0.3, 0.4) is 0 Å². The minimum Gasteiger partial charge on any atom is -0.495 e. The molecule has 7 nitrogen and oxygen atoms in total. The summed E-state index contributed by atoms with van der Waals surface area (Å²) in [5, 5.41) is 6.17. The summed E-state index contributed by atoms with van der Waals surface area (Å²) in [6.45, 7) is 6.16. The van der Waals surface area contributed by atoms with E-state index in [0.29, 0.717) is 23.6 Å². The summed E-state index contributed by atoms with van der Waals surface area (Å²) in [7, 11) is 3.25. The highest BCUT2D eigenvalue weighted by atomic mass is 35.5. The van der Waals surface area contributed by atoms with Gasteiger partial charge in [0.15, 0.2) is 0 Å². The van der Waals surface area contributed by atoms with Gasteiger partial charge in [0, 0.05) is 31.8 Å². The van der Waals surface area contributed by atoms with Crippen LogP contribution in [0.25, 0.3) is 0 Å². The quantitative estimate of drug-likeness (QED) is 0.328. The number of ether oxygens (including phenoxy) is 3. The van der Waals surface area contributed by atoms with E-state index in [1.54, 1.807) is 14.2 Å². The van der Waals surface area contributed by atoms with E-state index in [9.17, 15) is 9.59 Å². The maximum atomic E-state index is 12.2. The van der Waals surface area contributed by atoms with Gasteiger partial charge >= 0.3 is 6.09 Å². The third-order valence-electron chi connectivity index (χ3n) is 6.87. The van der Waals surface area contributed by atoms with Gasteiger partial charge in [0.2, 0.25) is 5.91 Å². The lowest BCUT2D eigenvalue weighted by atomic mass is 9.86. The number of allylic oxidation sites excluding steroid dienone is 3. The molecule has 2 heterocycles. The predicted molar refractivity (Wildman–Crippen MR) is 137 cm³/mol. The van der Waals surface area contributed by atoms with Gasteiger partial charge in [-0.3, -0.25) is 4.79 Å². The van der Waals surface area contributed by atoms with Crippen molar-refractivity contribution in [1.29, 1.82) is 0 Å². The number of amides is 2. The summed E-state index contributed by atoms with van der Waals surface area (Å²) in [6.07, 6.45) is 8.88. The smallest absolute Gasteiger partial charge is 0.407 e. The maximum Gasteiger partial charge on any atom is 0.407 e. The Labute approximate surface area is 213 Å². The molecule has 0 aliphatic carbocycles. The number of methoxy groups -OCH3 is 1. The number of rotatable bonds is 11. The van der Waals surface area contributed by atoms with Gasteiger partial charge in [-0.1, -0.05) is 48.4 Å². The van der Waals surface area contributed by atoms with Gasteiger partial charge in [-0.25, -0.2) is 4.79 Å². The highest BCUT2D eigenvalue weighted by molar-refractivity contribution is 6.32. The Bertz CT molecular complexity index is 978. The number of epoxide rings is 1. The summed E-state index contributed by atoms with van der Waals surface area (Å²) in [4.78, 5) is 23.8. The van der Waals surface area contributed by atoms with Gasteiger partial charge in [-0.2, -0.15) is 0 Å². The van der Waals surface area contributed by atoms with Crippen molar-refractivity contribution in [3.63, 3.8) is 0 Å². The monoisotopic (exact) mass is 504 g/mol. The zero-order valence-electron chi connectivity index (χ0n) is 21.2. The summed E-state index contributed by atoms with van der Waals surface area (Å²) >= 11 is 6.10. The molecule has 5 atom stereocenters. The second kappa shape index (κ2) is 12.0. The first-order chi connectivity index (χ1) is 16.6. The van der Waals surface area contributed by atoms with Crippen molar-refractivity contribution in [3.05, 3.63) is 52.6 Å². The molecule has 8 heteroatoms. The van der Waals surface area contributed by atoms with Gasteiger partial charge in [-0.15, -0.1) is 0 Å². The topological polar surface area (TPSA) is 89.2 Å². The van der Waals surface area contributed by atoms with E-state index in [1.807, 2.05) is 31.2 Å². The number of cyclic esters (lactones) is 1. The second-order valence-corrected chi connectivity index (χ2v) is 10.1. The second-order valence-electron chi connectivity index (χ2n) is 9.73. The van der Waals surface area contributed by atoms with Crippen LogP contribution >= 0.6 is 11.6 Å². The maximum absolute atomic E-state index is 12.2. The third kappa shape index (κ3) is 7.48. The van der Waals surface area contributed by atoms with Crippen LogP contribution < -0.4 is 15.4 Å². The van der Waals surface area contributed by atoms with Crippen LogP contribution in [0.2, 0.25) is 5.02 Å². The first-order valence-corrected chi connectivity index (χ1v) is 12.5. The Hall–Kier alpha value is -2.51. The Morgan fingerprint density at radius 1 is 1.43 bits per heavy atom. The highest BCUT2D eigenvalue weighted by Gasteiger charge is 2.57. The van der Waals surface area contributed by atoms with E-state index in [1.165, 1.54) is 5.57 Å². The molecule has 0 spiro atoms. The zero-order chi connectivity index (χ0) is 25.6. The van der Waals surface area contributed by atoms with E-state index in [0.717, 1.165) is 24.8 Å². The number of carbonyl (C=O) groups excluding carboxylic acids is 2. The molecule has 0 bridgehead atoms. The van der Waals surface area contributed by atoms with Crippen LogP contribution in [0, 0.1) is 5.92 Å². The fourth-order valence-electron chi connectivity index (χ4n) is 4.68. The molecule has 0 saturated carbocycles. The molecule has 1 aromatic rings. The molecule has 3 rings (SSSR count). The van der Waals surface area contributed by atoms with E-state index in [2.05, 4.69) is 36.6 Å². The number of hydrogen-bond acceptors (Lipinski definition) is 5. The van der Waals surface area contributed by atoms with Crippen molar-refractivity contribution in [2.75, 3.05) is 14.2 Å². The Kier molecular flexibility index (Phi) is 9.25. The molecule has 1 aromatic carbocycles. The number of nitrogens with one attached hydrogen (secondary N) is 2. The fourth-order valence-corrected chi connectivity index (χ4v) is 4.87. The number of hydrogen-bond donors (Lipinski definition) is 2. The number of alkyl carbamates (subject to hydrolysis) is 1. The van der Waals surface area contributed by atoms with Gasteiger partial charge in [0.1, 0.15) is 11.9 Å². The Balaban J connectivity index is 1.49. The molecule has 2 aliphatic rings. The van der Waals surface area contributed by atoms with Crippen molar-refractivity contribution in [2.24, 2.45) is 5.92 Å². The van der Waals surface area contributed by atoms with E-state index < -0.39 is 0 Å². The molecule has 35 heavy (non-hydrogen) atoms. The fraction of sp³-hybridized carbons (Fsp3) is 0.556. The minimum absolute atomic E-state index is 0.00468. The Morgan fingerprint density at radius 3 is 2.91 bits per heavy atom. The van der Waals surface area contributed by atoms with Crippen molar-refractivity contribution in [1.82, 2.24) is 10.6 Å². The average Bonchev–Trinajstić information content (AvgIpc) is 3.52. The predicted octanol–water partition coefficient (Wildman–Crippen LogP) is 4.97. The van der Waals surface area contributed by atoms with Crippen LogP contribution in [0.15, 0.2) is 42.0 Å². The highest BCUT2D eigenvalue weighted by Crippen LogP contribution is 2.46.